The summed E-state index contributed by atoms with van der Waals surface area (Å²) in [5.41, 5.74) is -0.544. The van der Waals surface area contributed by atoms with Crippen molar-refractivity contribution in [2.75, 3.05) is 6.54 Å². The largest absolute Gasteiger partial charge is 0.481 e. The number of nitrogens with one attached hydrogen (secondary N) is 1. The summed E-state index contributed by atoms with van der Waals surface area (Å²) >= 11 is 0. The molecule has 5 nitrogen and oxygen atoms in total. The molecule has 0 aliphatic heterocycles. The zero-order chi connectivity index (χ0) is 13.9. The molecule has 19 heavy (non-hydrogen) atoms. The molecule has 0 aromatic heterocycles. The first-order valence-electron chi connectivity index (χ1n) is 6.98. The van der Waals surface area contributed by atoms with Gasteiger partial charge in [0.1, 0.15) is 0 Å². The van der Waals surface area contributed by atoms with E-state index in [0.717, 1.165) is 38.5 Å². The van der Waals surface area contributed by atoms with Crippen molar-refractivity contribution in [1.29, 1.82) is 0 Å². The maximum Gasteiger partial charge on any atom is 0.318 e. The first kappa shape index (κ1) is 13.9. The van der Waals surface area contributed by atoms with Crippen molar-refractivity contribution in [1.82, 2.24) is 10.2 Å². The van der Waals surface area contributed by atoms with Gasteiger partial charge in [-0.2, -0.15) is 0 Å². The van der Waals surface area contributed by atoms with Crippen LogP contribution in [-0.4, -0.2) is 40.1 Å². The number of carboxylic acid groups (broad SMARTS) is 1. The maximum atomic E-state index is 12.3. The van der Waals surface area contributed by atoms with Crippen LogP contribution in [0.4, 0.5) is 4.79 Å². The van der Waals surface area contributed by atoms with Gasteiger partial charge < -0.3 is 15.3 Å². The van der Waals surface area contributed by atoms with E-state index in [1.807, 2.05) is 0 Å². The Morgan fingerprint density at radius 3 is 2.47 bits per heavy atom. The van der Waals surface area contributed by atoms with E-state index in [1.54, 1.807) is 11.0 Å². The van der Waals surface area contributed by atoms with Gasteiger partial charge >= 0.3 is 12.0 Å². The summed E-state index contributed by atoms with van der Waals surface area (Å²) in [4.78, 5) is 25.1. The Kier molecular flexibility index (Phi) is 4.12. The molecule has 2 aliphatic rings. The number of nitrogens with zero attached hydrogens (tertiary/aromatic N) is 1. The summed E-state index contributed by atoms with van der Waals surface area (Å²) in [6, 6.07) is 0.173. The Morgan fingerprint density at radius 1 is 1.37 bits per heavy atom. The summed E-state index contributed by atoms with van der Waals surface area (Å²) in [7, 11) is 0. The summed E-state index contributed by atoms with van der Waals surface area (Å²) in [6.07, 6.45) is 7.30. The van der Waals surface area contributed by atoms with Gasteiger partial charge in [-0.15, -0.1) is 6.58 Å². The third kappa shape index (κ3) is 3.49. The molecule has 2 N–H and O–H groups in total. The van der Waals surface area contributed by atoms with E-state index in [0.29, 0.717) is 12.6 Å². The van der Waals surface area contributed by atoms with E-state index in [1.165, 1.54) is 0 Å². The highest BCUT2D eigenvalue weighted by atomic mass is 16.4. The summed E-state index contributed by atoms with van der Waals surface area (Å²) in [5, 5.41) is 12.0. The number of aliphatic carboxylic acids is 1. The number of amides is 2. The molecule has 2 rings (SSSR count). The minimum Gasteiger partial charge on any atom is -0.481 e. The number of carboxylic acids is 1. The van der Waals surface area contributed by atoms with E-state index in [4.69, 9.17) is 5.11 Å². The van der Waals surface area contributed by atoms with Crippen LogP contribution in [-0.2, 0) is 4.79 Å². The van der Waals surface area contributed by atoms with Gasteiger partial charge in [0.05, 0.1) is 12.0 Å². The molecule has 0 aromatic carbocycles. The molecule has 0 saturated heterocycles. The fourth-order valence-electron chi connectivity index (χ4n) is 2.91. The van der Waals surface area contributed by atoms with E-state index in [-0.39, 0.29) is 12.5 Å². The molecule has 0 aromatic rings. The second-order valence-corrected chi connectivity index (χ2v) is 5.66. The van der Waals surface area contributed by atoms with Gasteiger partial charge in [0, 0.05) is 12.6 Å². The molecule has 5 heteroatoms. The van der Waals surface area contributed by atoms with E-state index >= 15 is 0 Å². The molecular formula is C14H22N2O3. The first-order valence-corrected chi connectivity index (χ1v) is 6.98. The van der Waals surface area contributed by atoms with Crippen LogP contribution in [0, 0.1) is 0 Å². The number of hydrogen-bond acceptors (Lipinski definition) is 2. The Balaban J connectivity index is 2.01. The molecule has 0 heterocycles. The molecule has 0 atom stereocenters. The van der Waals surface area contributed by atoms with Crippen molar-refractivity contribution in [3.63, 3.8) is 0 Å². The van der Waals surface area contributed by atoms with Crippen LogP contribution in [0.3, 0.4) is 0 Å². The van der Waals surface area contributed by atoms with E-state index in [2.05, 4.69) is 11.9 Å². The highest BCUT2D eigenvalue weighted by Gasteiger charge is 2.40. The smallest absolute Gasteiger partial charge is 0.318 e. The fraction of sp³-hybridized carbons (Fsp3) is 0.714. The number of carbonyl (C=O) groups is 2. The van der Waals surface area contributed by atoms with Gasteiger partial charge in [-0.1, -0.05) is 18.9 Å². The Hall–Kier alpha value is -1.52. The lowest BCUT2D eigenvalue weighted by molar-refractivity contribution is -0.138. The summed E-state index contributed by atoms with van der Waals surface area (Å²) in [5.74, 6) is -0.844. The molecule has 2 fully saturated rings. The summed E-state index contributed by atoms with van der Waals surface area (Å²) < 4.78 is 0. The van der Waals surface area contributed by atoms with Crippen LogP contribution < -0.4 is 5.32 Å². The van der Waals surface area contributed by atoms with Crippen molar-refractivity contribution < 1.29 is 14.7 Å². The molecule has 0 bridgehead atoms. The molecule has 0 unspecified atom stereocenters. The SMILES string of the molecule is C=CCN(C(=O)NC1(CC(=O)O)CCCC1)C1CC1. The van der Waals surface area contributed by atoms with Crippen molar-refractivity contribution >= 4 is 12.0 Å². The lowest BCUT2D eigenvalue weighted by Gasteiger charge is -2.32. The molecule has 2 amide bonds. The number of rotatable bonds is 6. The second kappa shape index (κ2) is 5.63. The lowest BCUT2D eigenvalue weighted by Crippen LogP contribution is -2.53. The Bertz CT molecular complexity index is 371. The van der Waals surface area contributed by atoms with Crippen molar-refractivity contribution in [3.05, 3.63) is 12.7 Å². The average molecular weight is 266 g/mol. The fourth-order valence-corrected chi connectivity index (χ4v) is 2.91. The van der Waals surface area contributed by atoms with Gasteiger partial charge in [0.25, 0.3) is 0 Å². The van der Waals surface area contributed by atoms with E-state index in [9.17, 15) is 9.59 Å². The van der Waals surface area contributed by atoms with Crippen molar-refractivity contribution in [2.45, 2.75) is 56.5 Å². The maximum absolute atomic E-state index is 12.3. The highest BCUT2D eigenvalue weighted by molar-refractivity contribution is 5.77. The minimum absolute atomic E-state index is 0.0192. The monoisotopic (exact) mass is 266 g/mol. The average Bonchev–Trinajstić information content (AvgIpc) is 3.07. The van der Waals surface area contributed by atoms with Crippen molar-refractivity contribution in [2.24, 2.45) is 0 Å². The van der Waals surface area contributed by atoms with Gasteiger partial charge in [0.15, 0.2) is 0 Å². The van der Waals surface area contributed by atoms with Crippen molar-refractivity contribution in [3.8, 4) is 0 Å². The van der Waals surface area contributed by atoms with Gasteiger partial charge in [0.2, 0.25) is 0 Å². The van der Waals surface area contributed by atoms with Crippen LogP contribution in [0.2, 0.25) is 0 Å². The standard InChI is InChI=1S/C14H22N2O3/c1-2-9-16(11-5-6-11)13(19)15-14(10-12(17)18)7-3-4-8-14/h2,11H,1,3-10H2,(H,15,19)(H,17,18). The van der Waals surface area contributed by atoms with Gasteiger partial charge in [-0.3, -0.25) is 4.79 Å². The first-order chi connectivity index (χ1) is 9.06. The normalized spacial score (nSPS) is 20.8. The molecular weight excluding hydrogens is 244 g/mol. The Labute approximate surface area is 113 Å². The highest BCUT2D eigenvalue weighted by Crippen LogP contribution is 2.34. The van der Waals surface area contributed by atoms with Crippen LogP contribution in [0.25, 0.3) is 0 Å². The summed E-state index contributed by atoms with van der Waals surface area (Å²) in [6.45, 7) is 4.20. The van der Waals surface area contributed by atoms with Crippen LogP contribution in [0.1, 0.15) is 44.9 Å². The molecule has 0 radical (unpaired) electrons. The molecule has 2 saturated carbocycles. The minimum atomic E-state index is -0.844. The van der Waals surface area contributed by atoms with Crippen LogP contribution in [0.15, 0.2) is 12.7 Å². The van der Waals surface area contributed by atoms with E-state index < -0.39 is 11.5 Å². The number of urea groups is 1. The van der Waals surface area contributed by atoms with Gasteiger partial charge in [-0.05, 0) is 25.7 Å². The predicted molar refractivity (Wildman–Crippen MR) is 71.9 cm³/mol. The van der Waals surface area contributed by atoms with Crippen LogP contribution >= 0.6 is 0 Å². The second-order valence-electron chi connectivity index (χ2n) is 5.66. The number of carbonyl (C=O) groups excluding carboxylic acids is 1. The third-order valence-corrected chi connectivity index (χ3v) is 4.00. The quantitative estimate of drug-likeness (QED) is 0.724. The zero-order valence-corrected chi connectivity index (χ0v) is 11.2. The topological polar surface area (TPSA) is 69.6 Å². The zero-order valence-electron chi connectivity index (χ0n) is 11.2. The Morgan fingerprint density at radius 2 is 2.00 bits per heavy atom. The predicted octanol–water partition coefficient (Wildman–Crippen LogP) is 2.13. The molecule has 106 valence electrons. The molecule has 2 aliphatic carbocycles. The van der Waals surface area contributed by atoms with Crippen LogP contribution in [0.5, 0.6) is 0 Å². The molecule has 0 spiro atoms. The van der Waals surface area contributed by atoms with Gasteiger partial charge in [-0.25, -0.2) is 4.79 Å². The third-order valence-electron chi connectivity index (χ3n) is 4.00. The number of hydrogen-bond donors (Lipinski definition) is 2. The lowest BCUT2D eigenvalue weighted by atomic mass is 9.93.